The topological polar surface area (TPSA) is 66.4 Å². The molecule has 0 radical (unpaired) electrons. The van der Waals surface area contributed by atoms with E-state index in [1.807, 2.05) is 0 Å². The second-order valence-corrected chi connectivity index (χ2v) is 4.96. The molecular formula is C13H15ClFNO3. The summed E-state index contributed by atoms with van der Waals surface area (Å²) in [5, 5.41) is 11.6. The van der Waals surface area contributed by atoms with Gasteiger partial charge in [0.1, 0.15) is 5.82 Å². The molecule has 1 unspecified atom stereocenters. The van der Waals surface area contributed by atoms with Crippen molar-refractivity contribution in [1.29, 1.82) is 0 Å². The number of carbonyl (C=O) groups is 2. The number of hydrogen-bond acceptors (Lipinski definition) is 2. The van der Waals surface area contributed by atoms with E-state index in [0.717, 1.165) is 6.07 Å². The molecule has 0 fully saturated rings. The van der Waals surface area contributed by atoms with Crippen LogP contribution in [0.25, 0.3) is 0 Å². The standard InChI is InChI=1S/C13H15ClFNO3/c1-7(2)10(13(18)19)6-16-12(17)9-4-3-8(14)5-11(9)15/h3-5,7,10H,6H2,1-2H3,(H,16,17)(H,18,19). The monoisotopic (exact) mass is 287 g/mol. The molecule has 4 nitrogen and oxygen atoms in total. The molecular weight excluding hydrogens is 273 g/mol. The molecule has 1 amide bonds. The fraction of sp³-hybridized carbons (Fsp3) is 0.385. The van der Waals surface area contributed by atoms with Crippen LogP contribution >= 0.6 is 11.6 Å². The zero-order valence-electron chi connectivity index (χ0n) is 10.6. The molecule has 0 spiro atoms. The molecule has 0 aliphatic heterocycles. The number of hydrogen-bond donors (Lipinski definition) is 2. The largest absolute Gasteiger partial charge is 0.481 e. The summed E-state index contributed by atoms with van der Waals surface area (Å²) >= 11 is 5.58. The molecule has 104 valence electrons. The smallest absolute Gasteiger partial charge is 0.308 e. The number of halogens is 2. The van der Waals surface area contributed by atoms with Crippen LogP contribution in [0.2, 0.25) is 5.02 Å². The molecule has 0 heterocycles. The van der Waals surface area contributed by atoms with Crippen LogP contribution in [0.3, 0.4) is 0 Å². The van der Waals surface area contributed by atoms with Gasteiger partial charge in [-0.1, -0.05) is 25.4 Å². The lowest BCUT2D eigenvalue weighted by atomic mass is 9.96. The summed E-state index contributed by atoms with van der Waals surface area (Å²) in [6.45, 7) is 3.44. The van der Waals surface area contributed by atoms with Gasteiger partial charge in [-0.25, -0.2) is 4.39 Å². The summed E-state index contributed by atoms with van der Waals surface area (Å²) in [6, 6.07) is 3.70. The maximum Gasteiger partial charge on any atom is 0.308 e. The number of nitrogens with one attached hydrogen (secondary N) is 1. The normalized spacial score (nSPS) is 12.3. The summed E-state index contributed by atoms with van der Waals surface area (Å²) in [5.74, 6) is -3.22. The van der Waals surface area contributed by atoms with Gasteiger partial charge in [0.2, 0.25) is 0 Å². The van der Waals surface area contributed by atoms with Crippen molar-refractivity contribution in [2.24, 2.45) is 11.8 Å². The molecule has 1 aromatic rings. The van der Waals surface area contributed by atoms with Gasteiger partial charge >= 0.3 is 5.97 Å². The van der Waals surface area contributed by atoms with Crippen molar-refractivity contribution in [1.82, 2.24) is 5.32 Å². The van der Waals surface area contributed by atoms with Gasteiger partial charge in [0.05, 0.1) is 11.5 Å². The minimum Gasteiger partial charge on any atom is -0.481 e. The number of amides is 1. The van der Waals surface area contributed by atoms with E-state index in [0.29, 0.717) is 0 Å². The Kier molecular flexibility index (Phi) is 5.30. The molecule has 0 saturated carbocycles. The maximum absolute atomic E-state index is 13.5. The van der Waals surface area contributed by atoms with Crippen molar-refractivity contribution in [2.75, 3.05) is 6.54 Å². The predicted molar refractivity (Wildman–Crippen MR) is 69.7 cm³/mol. The highest BCUT2D eigenvalue weighted by molar-refractivity contribution is 6.30. The minimum absolute atomic E-state index is 0.0477. The van der Waals surface area contributed by atoms with Gasteiger partial charge in [0.15, 0.2) is 0 Å². The van der Waals surface area contributed by atoms with Crippen LogP contribution in [0.5, 0.6) is 0 Å². The molecule has 0 saturated heterocycles. The van der Waals surface area contributed by atoms with E-state index in [1.165, 1.54) is 12.1 Å². The molecule has 1 aromatic carbocycles. The number of aliphatic carboxylic acids is 1. The van der Waals surface area contributed by atoms with E-state index in [4.69, 9.17) is 16.7 Å². The molecule has 19 heavy (non-hydrogen) atoms. The average molecular weight is 288 g/mol. The van der Waals surface area contributed by atoms with E-state index in [-0.39, 0.29) is 23.0 Å². The maximum atomic E-state index is 13.5. The highest BCUT2D eigenvalue weighted by Gasteiger charge is 2.22. The van der Waals surface area contributed by atoms with E-state index in [9.17, 15) is 14.0 Å². The first kappa shape index (κ1) is 15.4. The first-order chi connectivity index (χ1) is 8.82. The summed E-state index contributed by atoms with van der Waals surface area (Å²) in [6.07, 6.45) is 0. The lowest BCUT2D eigenvalue weighted by Gasteiger charge is -2.16. The fourth-order valence-corrected chi connectivity index (χ4v) is 1.74. The zero-order chi connectivity index (χ0) is 14.6. The van der Waals surface area contributed by atoms with Crippen LogP contribution in [0.1, 0.15) is 24.2 Å². The Bertz CT molecular complexity index is 491. The van der Waals surface area contributed by atoms with E-state index < -0.39 is 23.6 Å². The number of benzene rings is 1. The van der Waals surface area contributed by atoms with Gasteiger partial charge in [-0.2, -0.15) is 0 Å². The lowest BCUT2D eigenvalue weighted by Crippen LogP contribution is -2.35. The summed E-state index contributed by atoms with van der Waals surface area (Å²) in [5.41, 5.74) is -0.155. The summed E-state index contributed by atoms with van der Waals surface area (Å²) in [7, 11) is 0. The van der Waals surface area contributed by atoms with Crippen LogP contribution in [0.4, 0.5) is 4.39 Å². The average Bonchev–Trinajstić information content (AvgIpc) is 2.27. The number of carboxylic acid groups (broad SMARTS) is 1. The molecule has 0 aromatic heterocycles. The van der Waals surface area contributed by atoms with E-state index >= 15 is 0 Å². The molecule has 2 N–H and O–H groups in total. The van der Waals surface area contributed by atoms with Gasteiger partial charge in [-0.05, 0) is 24.1 Å². The predicted octanol–water partition coefficient (Wildman–Crippen LogP) is 2.57. The first-order valence-electron chi connectivity index (χ1n) is 5.79. The van der Waals surface area contributed by atoms with E-state index in [2.05, 4.69) is 5.32 Å². The molecule has 1 rings (SSSR count). The van der Waals surface area contributed by atoms with Gasteiger partial charge in [-0.15, -0.1) is 0 Å². The summed E-state index contributed by atoms with van der Waals surface area (Å²) < 4.78 is 13.5. The van der Waals surface area contributed by atoms with Crippen LogP contribution in [0.15, 0.2) is 18.2 Å². The van der Waals surface area contributed by atoms with Crippen molar-refractivity contribution in [2.45, 2.75) is 13.8 Å². The highest BCUT2D eigenvalue weighted by atomic mass is 35.5. The van der Waals surface area contributed by atoms with Crippen LogP contribution in [-0.2, 0) is 4.79 Å². The van der Waals surface area contributed by atoms with Gasteiger partial charge in [0.25, 0.3) is 5.91 Å². The first-order valence-corrected chi connectivity index (χ1v) is 6.16. The Balaban J connectivity index is 2.72. The fourth-order valence-electron chi connectivity index (χ4n) is 1.58. The van der Waals surface area contributed by atoms with Crippen LogP contribution in [-0.4, -0.2) is 23.5 Å². The molecule has 6 heteroatoms. The Labute approximate surface area is 115 Å². The van der Waals surface area contributed by atoms with Crippen molar-refractivity contribution >= 4 is 23.5 Å². The Hall–Kier alpha value is -1.62. The minimum atomic E-state index is -0.994. The van der Waals surface area contributed by atoms with Crippen LogP contribution in [0, 0.1) is 17.7 Å². The van der Waals surface area contributed by atoms with Crippen LogP contribution < -0.4 is 5.32 Å². The third-order valence-corrected chi connectivity index (χ3v) is 3.02. The second-order valence-electron chi connectivity index (χ2n) is 4.52. The SMILES string of the molecule is CC(C)C(CNC(=O)c1ccc(Cl)cc1F)C(=O)O. The molecule has 1 atom stereocenters. The van der Waals surface area contributed by atoms with Crippen molar-refractivity contribution in [3.05, 3.63) is 34.6 Å². The van der Waals surface area contributed by atoms with Crippen molar-refractivity contribution in [3.8, 4) is 0 Å². The van der Waals surface area contributed by atoms with E-state index in [1.54, 1.807) is 13.8 Å². The lowest BCUT2D eigenvalue weighted by molar-refractivity contribution is -0.142. The summed E-state index contributed by atoms with van der Waals surface area (Å²) in [4.78, 5) is 22.7. The van der Waals surface area contributed by atoms with Crippen molar-refractivity contribution < 1.29 is 19.1 Å². The molecule has 0 aliphatic rings. The highest BCUT2D eigenvalue weighted by Crippen LogP contribution is 2.15. The third-order valence-electron chi connectivity index (χ3n) is 2.78. The zero-order valence-corrected chi connectivity index (χ0v) is 11.4. The number of carbonyl (C=O) groups excluding carboxylic acids is 1. The molecule has 0 aliphatic carbocycles. The Morgan fingerprint density at radius 1 is 1.42 bits per heavy atom. The number of rotatable bonds is 5. The number of carboxylic acids is 1. The third kappa shape index (κ3) is 4.21. The van der Waals surface area contributed by atoms with Gasteiger partial charge in [0, 0.05) is 11.6 Å². The van der Waals surface area contributed by atoms with Crippen molar-refractivity contribution in [3.63, 3.8) is 0 Å². The second kappa shape index (κ2) is 6.52. The Morgan fingerprint density at radius 3 is 2.53 bits per heavy atom. The van der Waals surface area contributed by atoms with Gasteiger partial charge < -0.3 is 10.4 Å². The quantitative estimate of drug-likeness (QED) is 0.875. The Morgan fingerprint density at radius 2 is 2.05 bits per heavy atom. The molecule has 0 bridgehead atoms. The van der Waals surface area contributed by atoms with Gasteiger partial charge in [-0.3, -0.25) is 9.59 Å².